The summed E-state index contributed by atoms with van der Waals surface area (Å²) in [6, 6.07) is 15.6. The lowest BCUT2D eigenvalue weighted by molar-refractivity contribution is -0.868. The fraction of sp³-hybridized carbons (Fsp3) is 0.379. The highest BCUT2D eigenvalue weighted by Crippen LogP contribution is 2.25. The van der Waals surface area contributed by atoms with Crippen molar-refractivity contribution in [2.45, 2.75) is 32.5 Å². The Bertz CT molecular complexity index is 1360. The van der Waals surface area contributed by atoms with Gasteiger partial charge in [-0.15, -0.1) is 5.06 Å². The fourth-order valence-electron chi connectivity index (χ4n) is 3.88. The first-order valence-electron chi connectivity index (χ1n) is 12.8. The Balaban J connectivity index is 1.46. The number of nitrogens with zero attached hydrogens (tertiary/aromatic N) is 3. The maximum absolute atomic E-state index is 13.0. The van der Waals surface area contributed by atoms with Crippen LogP contribution in [0.15, 0.2) is 54.6 Å². The number of quaternary nitrogens is 1. The lowest BCUT2D eigenvalue weighted by Crippen LogP contribution is -2.43. The molecule has 10 nitrogen and oxygen atoms in total. The van der Waals surface area contributed by atoms with Gasteiger partial charge >= 0.3 is 5.97 Å². The number of hydrogen-bond acceptors (Lipinski definition) is 8. The van der Waals surface area contributed by atoms with Crippen LogP contribution >= 0.6 is 0 Å². The van der Waals surface area contributed by atoms with E-state index in [2.05, 4.69) is 31.4 Å². The molecule has 0 aliphatic carbocycles. The van der Waals surface area contributed by atoms with Gasteiger partial charge in [-0.25, -0.2) is 14.6 Å². The van der Waals surface area contributed by atoms with E-state index in [9.17, 15) is 14.4 Å². The summed E-state index contributed by atoms with van der Waals surface area (Å²) in [7, 11) is 6.40. The van der Waals surface area contributed by atoms with Crippen molar-refractivity contribution in [2.75, 3.05) is 46.2 Å². The molecular formula is C29H35N4O6+. The van der Waals surface area contributed by atoms with E-state index in [1.165, 1.54) is 12.1 Å². The normalized spacial score (nSPS) is 14.4. The zero-order valence-corrected chi connectivity index (χ0v) is 23.2. The van der Waals surface area contributed by atoms with Gasteiger partial charge in [0.2, 0.25) is 6.10 Å². The van der Waals surface area contributed by atoms with Gasteiger partial charge in [-0.05, 0) is 63.2 Å². The molecule has 206 valence electrons. The van der Waals surface area contributed by atoms with E-state index < -0.39 is 29.5 Å². The van der Waals surface area contributed by atoms with E-state index in [1.54, 1.807) is 45.0 Å². The van der Waals surface area contributed by atoms with Gasteiger partial charge in [0.25, 0.3) is 11.8 Å². The molecule has 1 aliphatic heterocycles. The first-order chi connectivity index (χ1) is 18.3. The van der Waals surface area contributed by atoms with Gasteiger partial charge in [0.05, 0.1) is 50.9 Å². The highest BCUT2D eigenvalue weighted by Gasteiger charge is 2.40. The van der Waals surface area contributed by atoms with Crippen molar-refractivity contribution in [3.63, 3.8) is 0 Å². The quantitative estimate of drug-likeness (QED) is 0.238. The van der Waals surface area contributed by atoms with Crippen molar-refractivity contribution >= 4 is 34.5 Å². The molecule has 2 heterocycles. The Labute approximate surface area is 228 Å². The van der Waals surface area contributed by atoms with Crippen LogP contribution in [0.25, 0.3) is 10.9 Å². The average molecular weight is 536 g/mol. The summed E-state index contributed by atoms with van der Waals surface area (Å²) in [6.45, 7) is 6.61. The topological polar surface area (TPSA) is 107 Å². The molecule has 3 aromatic rings. The number of fused-ring (bicyclic) bond motifs is 2. The number of amides is 2. The number of likely N-dealkylation sites (N-methyl/N-ethyl adjacent to an activating group) is 1. The molecular weight excluding hydrogens is 500 g/mol. The first kappa shape index (κ1) is 28.0. The van der Waals surface area contributed by atoms with Gasteiger partial charge in [-0.2, -0.15) is 0 Å². The molecule has 1 aromatic heterocycles. The summed E-state index contributed by atoms with van der Waals surface area (Å²) in [5.74, 6) is -0.803. The monoisotopic (exact) mass is 535 g/mol. The van der Waals surface area contributed by atoms with E-state index in [0.29, 0.717) is 10.8 Å². The molecule has 0 radical (unpaired) electrons. The van der Waals surface area contributed by atoms with Gasteiger partial charge < -0.3 is 19.3 Å². The molecule has 0 saturated carbocycles. The summed E-state index contributed by atoms with van der Waals surface area (Å²) in [4.78, 5) is 48.8. The first-order valence-corrected chi connectivity index (χ1v) is 12.8. The van der Waals surface area contributed by atoms with E-state index in [4.69, 9.17) is 14.3 Å². The number of pyridine rings is 1. The molecule has 10 heteroatoms. The van der Waals surface area contributed by atoms with Crippen molar-refractivity contribution in [1.82, 2.24) is 10.0 Å². The van der Waals surface area contributed by atoms with Gasteiger partial charge in [0.1, 0.15) is 23.8 Å². The van der Waals surface area contributed by atoms with Crippen molar-refractivity contribution in [3.05, 3.63) is 65.7 Å². The lowest BCUT2D eigenvalue weighted by atomic mass is 10.1. The Morgan fingerprint density at radius 1 is 1.00 bits per heavy atom. The third-order valence-corrected chi connectivity index (χ3v) is 5.81. The predicted octanol–water partition coefficient (Wildman–Crippen LogP) is 3.67. The molecule has 0 spiro atoms. The Hall–Kier alpha value is -4.02. The number of hydrogen-bond donors (Lipinski definition) is 1. The molecule has 4 rings (SSSR count). The molecule has 1 aliphatic rings. The molecule has 2 amide bonds. The maximum atomic E-state index is 13.0. The molecule has 0 saturated heterocycles. The van der Waals surface area contributed by atoms with Crippen LogP contribution in [0.4, 0.5) is 5.82 Å². The standard InChI is InChI=1S/C29H35N4O6/c1-29(2,3)38-28(36)24(39-32-26(34)21-9-7-8-10-22(21)27(32)35)18-37-20-12-13-23-19(17-20)11-14-25(31-23)30-15-16-33(4,5)6/h7-14,17,24H,15-16,18H2,1-6H3,(H,30,31)/q+1. The van der Waals surface area contributed by atoms with E-state index in [-0.39, 0.29) is 17.7 Å². The Morgan fingerprint density at radius 2 is 1.67 bits per heavy atom. The second kappa shape index (κ2) is 11.0. The van der Waals surface area contributed by atoms with Crippen LogP contribution in [0.3, 0.4) is 0 Å². The van der Waals surface area contributed by atoms with Crippen LogP contribution in [0, 0.1) is 0 Å². The zero-order chi connectivity index (χ0) is 28.4. The minimum atomic E-state index is -1.37. The number of aromatic nitrogens is 1. The number of benzene rings is 2. The fourth-order valence-corrected chi connectivity index (χ4v) is 3.88. The van der Waals surface area contributed by atoms with Crippen LogP contribution in [0.1, 0.15) is 41.5 Å². The molecule has 1 atom stereocenters. The number of ether oxygens (including phenoxy) is 2. The van der Waals surface area contributed by atoms with Crippen LogP contribution in [0.5, 0.6) is 5.75 Å². The van der Waals surface area contributed by atoms with Gasteiger partial charge in [-0.1, -0.05) is 12.1 Å². The Kier molecular flexibility index (Phi) is 7.89. The predicted molar refractivity (Wildman–Crippen MR) is 146 cm³/mol. The van der Waals surface area contributed by atoms with Crippen LogP contribution < -0.4 is 10.1 Å². The number of carbonyl (C=O) groups excluding carboxylic acids is 3. The number of hydroxylamine groups is 2. The molecule has 0 bridgehead atoms. The minimum absolute atomic E-state index is 0.208. The van der Waals surface area contributed by atoms with Gasteiger partial charge in [-0.3, -0.25) is 9.59 Å². The van der Waals surface area contributed by atoms with Gasteiger partial charge in [0.15, 0.2) is 0 Å². The number of esters is 1. The number of rotatable bonds is 10. The SMILES string of the molecule is CC(C)(C)OC(=O)C(COc1ccc2nc(NCC[N+](C)(C)C)ccc2c1)ON1C(=O)c2ccccc2C1=O. The average Bonchev–Trinajstić information content (AvgIpc) is 3.09. The lowest BCUT2D eigenvalue weighted by Gasteiger charge is -2.26. The summed E-state index contributed by atoms with van der Waals surface area (Å²) in [5, 5.41) is 4.79. The van der Waals surface area contributed by atoms with Crippen LogP contribution in [-0.4, -0.2) is 84.9 Å². The van der Waals surface area contributed by atoms with Gasteiger partial charge in [0, 0.05) is 5.39 Å². The third-order valence-electron chi connectivity index (χ3n) is 5.81. The summed E-state index contributed by atoms with van der Waals surface area (Å²) in [5.41, 5.74) is 0.385. The Morgan fingerprint density at radius 3 is 2.28 bits per heavy atom. The van der Waals surface area contributed by atoms with Crippen molar-refractivity contribution in [2.24, 2.45) is 0 Å². The molecule has 39 heavy (non-hydrogen) atoms. The summed E-state index contributed by atoms with van der Waals surface area (Å²) in [6.07, 6.45) is -1.37. The highest BCUT2D eigenvalue weighted by atomic mass is 16.7. The molecule has 0 fully saturated rings. The molecule has 2 aromatic carbocycles. The zero-order valence-electron chi connectivity index (χ0n) is 23.2. The summed E-state index contributed by atoms with van der Waals surface area (Å²) < 4.78 is 12.2. The second-order valence-corrected chi connectivity index (χ2v) is 11.4. The third kappa shape index (κ3) is 7.10. The van der Waals surface area contributed by atoms with Crippen molar-refractivity contribution in [1.29, 1.82) is 0 Å². The van der Waals surface area contributed by atoms with Crippen molar-refractivity contribution < 1.29 is 33.2 Å². The van der Waals surface area contributed by atoms with Crippen LogP contribution in [-0.2, 0) is 14.4 Å². The number of carbonyl (C=O) groups is 3. The smallest absolute Gasteiger partial charge is 0.342 e. The van der Waals surface area contributed by atoms with Crippen molar-refractivity contribution in [3.8, 4) is 5.75 Å². The van der Waals surface area contributed by atoms with Crippen LogP contribution in [0.2, 0.25) is 0 Å². The maximum Gasteiger partial charge on any atom is 0.342 e. The minimum Gasteiger partial charge on any atom is -0.490 e. The number of imide groups is 1. The number of nitrogens with one attached hydrogen (secondary N) is 1. The molecule has 1 unspecified atom stereocenters. The summed E-state index contributed by atoms with van der Waals surface area (Å²) >= 11 is 0. The van der Waals surface area contributed by atoms with E-state index >= 15 is 0 Å². The van der Waals surface area contributed by atoms with E-state index in [1.807, 2.05) is 18.2 Å². The highest BCUT2D eigenvalue weighted by molar-refractivity contribution is 6.20. The largest absolute Gasteiger partial charge is 0.490 e. The molecule has 1 N–H and O–H groups in total. The van der Waals surface area contributed by atoms with E-state index in [0.717, 1.165) is 34.3 Å². The number of anilines is 1. The second-order valence-electron chi connectivity index (χ2n) is 11.4.